The van der Waals surface area contributed by atoms with E-state index in [2.05, 4.69) is 0 Å². The highest BCUT2D eigenvalue weighted by Crippen LogP contribution is 2.35. The summed E-state index contributed by atoms with van der Waals surface area (Å²) in [5.74, 6) is -1.71. The third kappa shape index (κ3) is 5.07. The van der Waals surface area contributed by atoms with Crippen LogP contribution in [0.25, 0.3) is 43.1 Å². The number of fused-ring (bicyclic) bond motifs is 4. The van der Waals surface area contributed by atoms with Crippen molar-refractivity contribution in [3.05, 3.63) is 119 Å². The van der Waals surface area contributed by atoms with E-state index >= 15 is 0 Å². The normalized spacial score (nSPS) is 10.6. The van der Waals surface area contributed by atoms with Crippen LogP contribution in [-0.2, 0) is 18.9 Å². The Morgan fingerprint density at radius 1 is 0.318 bits per heavy atom. The molecule has 0 aliphatic carbocycles. The fourth-order valence-electron chi connectivity index (χ4n) is 5.54. The van der Waals surface area contributed by atoms with Crippen molar-refractivity contribution in [3.8, 4) is 0 Å². The molecule has 0 amide bonds. The van der Waals surface area contributed by atoms with Crippen molar-refractivity contribution in [1.82, 2.24) is 0 Å². The van der Waals surface area contributed by atoms with E-state index in [0.717, 1.165) is 0 Å². The van der Waals surface area contributed by atoms with Gasteiger partial charge < -0.3 is 18.9 Å². The van der Waals surface area contributed by atoms with Gasteiger partial charge in [-0.05, 0) is 43.1 Å². The molecule has 8 nitrogen and oxygen atoms in total. The van der Waals surface area contributed by atoms with Crippen molar-refractivity contribution < 1.29 is 38.1 Å². The monoisotopic (exact) mass is 588 g/mol. The number of ether oxygens (including phenoxy) is 4. The molecule has 0 fully saturated rings. The maximum Gasteiger partial charge on any atom is 0.339 e. The van der Waals surface area contributed by atoms with Crippen LogP contribution in [0.4, 0.5) is 0 Å². The molecule has 0 saturated heterocycles. The predicted molar refractivity (Wildman–Crippen MR) is 168 cm³/mol. The highest BCUT2D eigenvalue weighted by Gasteiger charge is 2.24. The summed E-state index contributed by atoms with van der Waals surface area (Å²) in [6.07, 6.45) is 0. The molecule has 0 aliphatic rings. The average Bonchev–Trinajstić information content (AvgIpc) is 3.08. The van der Waals surface area contributed by atoms with Crippen LogP contribution in [0.2, 0.25) is 0 Å². The summed E-state index contributed by atoms with van der Waals surface area (Å²) in [7, 11) is 5.39. The molecule has 0 unspecified atom stereocenters. The van der Waals surface area contributed by atoms with Crippen molar-refractivity contribution in [2.75, 3.05) is 28.4 Å². The van der Waals surface area contributed by atoms with Gasteiger partial charge in [0.25, 0.3) is 0 Å². The molecule has 44 heavy (non-hydrogen) atoms. The number of carbonyl (C=O) groups is 4. The van der Waals surface area contributed by atoms with E-state index in [1.54, 1.807) is 48.5 Å². The SMILES string of the molecule is COC(=O)c1c2ccccc2c(C(=O)OC)c2ccccc12.COC(=O)c1c2ccccc2c(C(=O)OC)c2ccccc12. The Bertz CT molecular complexity index is 1680. The number of hydrogen-bond donors (Lipinski definition) is 0. The topological polar surface area (TPSA) is 105 Å². The van der Waals surface area contributed by atoms with Gasteiger partial charge in [-0.15, -0.1) is 0 Å². The summed E-state index contributed by atoms with van der Waals surface area (Å²) in [5, 5.41) is 5.40. The van der Waals surface area contributed by atoms with E-state index in [1.807, 2.05) is 48.5 Å². The Labute approximate surface area is 252 Å². The number of esters is 4. The molecule has 0 saturated carbocycles. The zero-order chi connectivity index (χ0) is 31.4. The zero-order valence-electron chi connectivity index (χ0n) is 24.5. The Balaban J connectivity index is 0.000000175. The van der Waals surface area contributed by atoms with Crippen molar-refractivity contribution in [3.63, 3.8) is 0 Å². The van der Waals surface area contributed by atoms with Gasteiger partial charge in [0.1, 0.15) is 0 Å². The van der Waals surface area contributed by atoms with Gasteiger partial charge in [0.05, 0.1) is 50.7 Å². The van der Waals surface area contributed by atoms with E-state index < -0.39 is 23.9 Å². The van der Waals surface area contributed by atoms with Crippen LogP contribution in [-0.4, -0.2) is 52.3 Å². The quantitative estimate of drug-likeness (QED) is 0.122. The molecule has 0 N–H and O–H groups in total. The van der Waals surface area contributed by atoms with Gasteiger partial charge in [0.2, 0.25) is 0 Å². The summed E-state index contributed by atoms with van der Waals surface area (Å²) in [4.78, 5) is 49.0. The van der Waals surface area contributed by atoms with Gasteiger partial charge >= 0.3 is 23.9 Å². The van der Waals surface area contributed by atoms with Gasteiger partial charge in [0.15, 0.2) is 0 Å². The fourth-order valence-corrected chi connectivity index (χ4v) is 5.54. The van der Waals surface area contributed by atoms with Crippen molar-refractivity contribution in [2.45, 2.75) is 0 Å². The van der Waals surface area contributed by atoms with E-state index in [1.165, 1.54) is 28.4 Å². The van der Waals surface area contributed by atoms with E-state index in [9.17, 15) is 19.2 Å². The molecule has 8 heteroatoms. The second-order valence-corrected chi connectivity index (χ2v) is 9.65. The molecule has 0 spiro atoms. The Morgan fingerprint density at radius 3 is 0.568 bits per heavy atom. The molecule has 220 valence electrons. The van der Waals surface area contributed by atoms with Crippen LogP contribution < -0.4 is 0 Å². The second kappa shape index (κ2) is 12.6. The number of carbonyl (C=O) groups excluding carboxylic acids is 4. The van der Waals surface area contributed by atoms with E-state index in [0.29, 0.717) is 65.3 Å². The van der Waals surface area contributed by atoms with Crippen LogP contribution in [0.3, 0.4) is 0 Å². The minimum atomic E-state index is -0.427. The molecule has 6 rings (SSSR count). The van der Waals surface area contributed by atoms with Crippen molar-refractivity contribution >= 4 is 67.0 Å². The first kappa shape index (κ1) is 29.7. The largest absolute Gasteiger partial charge is 0.465 e. The molecule has 0 aromatic heterocycles. The minimum absolute atomic E-state index is 0.427. The highest BCUT2D eigenvalue weighted by atomic mass is 16.5. The summed E-state index contributed by atoms with van der Waals surface area (Å²) in [6, 6.07) is 29.0. The summed E-state index contributed by atoms with van der Waals surface area (Å²) < 4.78 is 19.7. The molecular weight excluding hydrogens is 560 g/mol. The summed E-state index contributed by atoms with van der Waals surface area (Å²) >= 11 is 0. The van der Waals surface area contributed by atoms with E-state index in [4.69, 9.17) is 18.9 Å². The maximum atomic E-state index is 12.3. The number of methoxy groups -OCH3 is 4. The lowest BCUT2D eigenvalue weighted by Gasteiger charge is -2.14. The first-order valence-electron chi connectivity index (χ1n) is 13.6. The van der Waals surface area contributed by atoms with Gasteiger partial charge in [-0.1, -0.05) is 97.1 Å². The van der Waals surface area contributed by atoms with Gasteiger partial charge in [-0.25, -0.2) is 19.2 Å². The molecule has 6 aromatic carbocycles. The molecule has 0 radical (unpaired) electrons. The van der Waals surface area contributed by atoms with Crippen molar-refractivity contribution in [1.29, 1.82) is 0 Å². The number of benzene rings is 6. The molecule has 0 bridgehead atoms. The maximum absolute atomic E-state index is 12.3. The first-order chi connectivity index (χ1) is 21.4. The number of hydrogen-bond acceptors (Lipinski definition) is 8. The Kier molecular flexibility index (Phi) is 8.53. The van der Waals surface area contributed by atoms with Crippen LogP contribution >= 0.6 is 0 Å². The number of rotatable bonds is 4. The lowest BCUT2D eigenvalue weighted by atomic mass is 9.91. The van der Waals surface area contributed by atoms with E-state index in [-0.39, 0.29) is 0 Å². The van der Waals surface area contributed by atoms with Crippen LogP contribution in [0.5, 0.6) is 0 Å². The summed E-state index contributed by atoms with van der Waals surface area (Å²) in [6.45, 7) is 0. The van der Waals surface area contributed by atoms with Crippen molar-refractivity contribution in [2.24, 2.45) is 0 Å². The molecular formula is C36H28O8. The van der Waals surface area contributed by atoms with Gasteiger partial charge in [-0.2, -0.15) is 0 Å². The van der Waals surface area contributed by atoms with Gasteiger partial charge in [-0.3, -0.25) is 0 Å². The standard InChI is InChI=1S/2C18H14O4/c2*1-21-17(19)15-11-7-3-5-9-13(11)16(18(20)22-2)14-10-6-4-8-12(14)15/h2*3-10H,1-2H3. The van der Waals surface area contributed by atoms with Crippen LogP contribution in [0.1, 0.15) is 41.4 Å². The third-order valence-electron chi connectivity index (χ3n) is 7.42. The lowest BCUT2D eigenvalue weighted by Crippen LogP contribution is -2.08. The second-order valence-electron chi connectivity index (χ2n) is 9.65. The first-order valence-corrected chi connectivity index (χ1v) is 13.6. The summed E-state index contributed by atoms with van der Waals surface area (Å²) in [5.41, 5.74) is 1.84. The molecule has 0 aliphatic heterocycles. The smallest absolute Gasteiger partial charge is 0.339 e. The minimum Gasteiger partial charge on any atom is -0.465 e. The Hall–Kier alpha value is -5.76. The zero-order valence-corrected chi connectivity index (χ0v) is 24.5. The van der Waals surface area contributed by atoms with Gasteiger partial charge in [0, 0.05) is 0 Å². The average molecular weight is 589 g/mol. The predicted octanol–water partition coefficient (Wildman–Crippen LogP) is 7.13. The third-order valence-corrected chi connectivity index (χ3v) is 7.42. The highest BCUT2D eigenvalue weighted by molar-refractivity contribution is 6.25. The molecule has 6 aromatic rings. The van der Waals surface area contributed by atoms with Crippen LogP contribution in [0, 0.1) is 0 Å². The van der Waals surface area contributed by atoms with Crippen LogP contribution in [0.15, 0.2) is 97.1 Å². The molecule has 0 atom stereocenters. The molecule has 0 heterocycles. The lowest BCUT2D eigenvalue weighted by molar-refractivity contribution is 0.0593. The Morgan fingerprint density at radius 2 is 0.455 bits per heavy atom. The fraction of sp³-hybridized carbons (Fsp3) is 0.111.